The Balaban J connectivity index is 1.65. The largest absolute Gasteiger partial charge is 0.439 e. The quantitative estimate of drug-likeness (QED) is 0.203. The molecule has 0 aliphatic carbocycles. The summed E-state index contributed by atoms with van der Waals surface area (Å²) in [5.41, 5.74) is 9.95. The number of ether oxygens (including phenoxy) is 1. The topological polar surface area (TPSA) is 40.6 Å². The van der Waals surface area contributed by atoms with Crippen LogP contribution in [0.3, 0.4) is 0 Å². The van der Waals surface area contributed by atoms with Crippen LogP contribution in [0.25, 0.3) is 38.7 Å². The molecule has 1 aliphatic heterocycles. The monoisotopic (exact) mass is 549 g/mol. The lowest BCUT2D eigenvalue weighted by Gasteiger charge is -2.32. The molecule has 1 unspecified atom stereocenters. The van der Waals surface area contributed by atoms with Gasteiger partial charge in [-0.05, 0) is 56.7 Å². The molecule has 206 valence electrons. The van der Waals surface area contributed by atoms with Crippen LogP contribution in [0, 0.1) is 6.92 Å². The molecule has 0 saturated heterocycles. The highest BCUT2D eigenvalue weighted by Gasteiger charge is 2.54. The van der Waals surface area contributed by atoms with Gasteiger partial charge in [-0.2, -0.15) is 0 Å². The zero-order valence-electron chi connectivity index (χ0n) is 24.0. The van der Waals surface area contributed by atoms with Crippen molar-refractivity contribution < 1.29 is 9.53 Å². The summed E-state index contributed by atoms with van der Waals surface area (Å²) >= 11 is 0. The summed E-state index contributed by atoms with van der Waals surface area (Å²) in [6, 6.07) is 37.7. The number of benzene rings is 4. The Labute approximate surface area is 244 Å². The van der Waals surface area contributed by atoms with E-state index in [0.29, 0.717) is 5.56 Å². The molecule has 0 saturated carbocycles. The zero-order chi connectivity index (χ0) is 28.6. The first kappa shape index (κ1) is 24.7. The molecule has 3 aromatic heterocycles. The van der Waals surface area contributed by atoms with Crippen molar-refractivity contribution in [1.29, 1.82) is 0 Å². The molecule has 4 aromatic carbocycles. The third kappa shape index (κ3) is 3.05. The van der Waals surface area contributed by atoms with E-state index in [1.165, 1.54) is 0 Å². The minimum Gasteiger partial charge on any atom is -0.439 e. The second kappa shape index (κ2) is 8.98. The summed E-state index contributed by atoms with van der Waals surface area (Å²) in [7, 11) is 0. The first-order valence-electron chi connectivity index (χ1n) is 14.7. The number of hydrogen-bond donors (Lipinski definition) is 0. The van der Waals surface area contributed by atoms with Crippen molar-refractivity contribution in [2.24, 2.45) is 0 Å². The fraction of sp³-hybridized carbons (Fsp3) is 0.162. The Morgan fingerprint density at radius 2 is 1.33 bits per heavy atom. The standard InChI is InChI=1S/C37H31N3O2/c1-4-38-24(3)34(27-18-10-12-20-30(27)38)37(29-19-11-9-17-26(29)36(41)42-37)35-28(25-15-7-6-8-16-25)23-33-39(5-2)31-21-13-14-22-32(31)40(33)35/h6-23H,4-5H2,1-3H3. The van der Waals surface area contributed by atoms with Crippen molar-refractivity contribution in [2.45, 2.75) is 39.5 Å². The molecular formula is C37H31N3O2. The van der Waals surface area contributed by atoms with Gasteiger partial charge in [0.05, 0.1) is 22.3 Å². The molecule has 5 heteroatoms. The van der Waals surface area contributed by atoms with Crippen LogP contribution in [0.1, 0.15) is 46.7 Å². The Hall–Kier alpha value is -5.03. The highest BCUT2D eigenvalue weighted by molar-refractivity contribution is 6.00. The van der Waals surface area contributed by atoms with Crippen LogP contribution in [0.2, 0.25) is 0 Å². The van der Waals surface area contributed by atoms with Gasteiger partial charge < -0.3 is 13.9 Å². The predicted octanol–water partition coefficient (Wildman–Crippen LogP) is 8.33. The van der Waals surface area contributed by atoms with Gasteiger partial charge in [0.1, 0.15) is 5.65 Å². The van der Waals surface area contributed by atoms with E-state index in [-0.39, 0.29) is 5.97 Å². The molecule has 7 aromatic rings. The number of esters is 1. The molecule has 1 aliphatic rings. The van der Waals surface area contributed by atoms with Gasteiger partial charge in [0.25, 0.3) is 0 Å². The van der Waals surface area contributed by atoms with Gasteiger partial charge in [0.2, 0.25) is 5.60 Å². The van der Waals surface area contributed by atoms with Crippen molar-refractivity contribution in [1.82, 2.24) is 13.5 Å². The number of para-hydroxylation sites is 3. The summed E-state index contributed by atoms with van der Waals surface area (Å²) in [6.45, 7) is 8.14. The maximum absolute atomic E-state index is 13.9. The molecule has 1 atom stereocenters. The van der Waals surface area contributed by atoms with Gasteiger partial charge in [-0.25, -0.2) is 4.79 Å². The predicted molar refractivity (Wildman–Crippen MR) is 168 cm³/mol. The lowest BCUT2D eigenvalue weighted by molar-refractivity contribution is 0.0241. The number of aromatic nitrogens is 3. The average Bonchev–Trinajstić information content (AvgIpc) is 3.73. The number of rotatable bonds is 5. The molecule has 4 heterocycles. The molecule has 5 nitrogen and oxygen atoms in total. The summed E-state index contributed by atoms with van der Waals surface area (Å²) in [5, 5.41) is 1.09. The smallest absolute Gasteiger partial charge is 0.340 e. The first-order chi connectivity index (χ1) is 20.6. The maximum atomic E-state index is 13.9. The SMILES string of the molecule is CCn1c(C)c(C2(c3c(-c4ccccc4)cc4n(CC)c5ccccc5n34)OC(=O)c3ccccc32)c2ccccc21. The van der Waals surface area contributed by atoms with E-state index in [4.69, 9.17) is 4.74 Å². The maximum Gasteiger partial charge on any atom is 0.340 e. The van der Waals surface area contributed by atoms with E-state index in [0.717, 1.165) is 74.3 Å². The third-order valence-electron chi connectivity index (χ3n) is 9.08. The van der Waals surface area contributed by atoms with E-state index >= 15 is 0 Å². The van der Waals surface area contributed by atoms with E-state index in [1.807, 2.05) is 24.3 Å². The van der Waals surface area contributed by atoms with Gasteiger partial charge in [-0.15, -0.1) is 0 Å². The van der Waals surface area contributed by atoms with Crippen molar-refractivity contribution in [3.63, 3.8) is 0 Å². The van der Waals surface area contributed by atoms with Gasteiger partial charge in [0.15, 0.2) is 0 Å². The van der Waals surface area contributed by atoms with Gasteiger partial charge >= 0.3 is 5.97 Å². The molecular weight excluding hydrogens is 518 g/mol. The van der Waals surface area contributed by atoms with Crippen molar-refractivity contribution in [2.75, 3.05) is 0 Å². The minimum atomic E-state index is -1.18. The fourth-order valence-electron chi connectivity index (χ4n) is 7.44. The summed E-state index contributed by atoms with van der Waals surface area (Å²) in [4.78, 5) is 13.9. The third-order valence-corrected chi connectivity index (χ3v) is 9.08. The van der Waals surface area contributed by atoms with E-state index in [9.17, 15) is 4.79 Å². The van der Waals surface area contributed by atoms with Crippen LogP contribution < -0.4 is 0 Å². The van der Waals surface area contributed by atoms with Gasteiger partial charge in [0, 0.05) is 46.4 Å². The molecule has 0 N–H and O–H groups in total. The fourth-order valence-corrected chi connectivity index (χ4v) is 7.44. The van der Waals surface area contributed by atoms with Gasteiger partial charge in [-0.3, -0.25) is 4.40 Å². The van der Waals surface area contributed by atoms with Crippen molar-refractivity contribution >= 4 is 33.6 Å². The highest BCUT2D eigenvalue weighted by Crippen LogP contribution is 2.54. The van der Waals surface area contributed by atoms with E-state index in [2.05, 4.69) is 119 Å². The van der Waals surface area contributed by atoms with Crippen LogP contribution in [-0.2, 0) is 23.4 Å². The molecule has 0 amide bonds. The molecule has 8 rings (SSSR count). The Morgan fingerprint density at radius 1 is 0.690 bits per heavy atom. The second-order valence-electron chi connectivity index (χ2n) is 11.0. The minimum absolute atomic E-state index is 0.300. The molecule has 0 spiro atoms. The van der Waals surface area contributed by atoms with Crippen LogP contribution in [0.4, 0.5) is 0 Å². The van der Waals surface area contributed by atoms with Crippen LogP contribution in [-0.4, -0.2) is 19.5 Å². The summed E-state index contributed by atoms with van der Waals surface area (Å²) in [5.74, 6) is -0.300. The second-order valence-corrected chi connectivity index (χ2v) is 11.0. The lowest BCUT2D eigenvalue weighted by Crippen LogP contribution is -2.32. The average molecular weight is 550 g/mol. The Morgan fingerprint density at radius 3 is 2.10 bits per heavy atom. The van der Waals surface area contributed by atoms with Crippen molar-refractivity contribution in [3.8, 4) is 11.1 Å². The molecule has 0 fully saturated rings. The molecule has 0 bridgehead atoms. The zero-order valence-corrected chi connectivity index (χ0v) is 24.0. The number of cyclic esters (lactones) is 1. The molecule has 0 radical (unpaired) electrons. The highest BCUT2D eigenvalue weighted by atomic mass is 16.6. The number of carbonyl (C=O) groups excluding carboxylic acids is 1. The van der Waals surface area contributed by atoms with E-state index in [1.54, 1.807) is 0 Å². The molecule has 42 heavy (non-hydrogen) atoms. The van der Waals surface area contributed by atoms with Crippen LogP contribution in [0.5, 0.6) is 0 Å². The van der Waals surface area contributed by atoms with Crippen LogP contribution in [0.15, 0.2) is 109 Å². The summed E-state index contributed by atoms with van der Waals surface area (Å²) < 4.78 is 13.9. The van der Waals surface area contributed by atoms with Crippen LogP contribution >= 0.6 is 0 Å². The Bertz CT molecular complexity index is 2180. The van der Waals surface area contributed by atoms with E-state index < -0.39 is 5.60 Å². The first-order valence-corrected chi connectivity index (χ1v) is 14.7. The number of imidazole rings is 1. The number of fused-ring (bicyclic) bond motifs is 5. The number of nitrogens with zero attached hydrogens (tertiary/aromatic N) is 3. The number of carbonyl (C=O) groups is 1. The van der Waals surface area contributed by atoms with Crippen molar-refractivity contribution in [3.05, 3.63) is 137 Å². The normalized spacial score (nSPS) is 16.5. The number of hydrogen-bond acceptors (Lipinski definition) is 2. The van der Waals surface area contributed by atoms with Gasteiger partial charge in [-0.1, -0.05) is 78.9 Å². The number of aryl methyl sites for hydroxylation is 2. The summed E-state index contributed by atoms with van der Waals surface area (Å²) in [6.07, 6.45) is 0. The lowest BCUT2D eigenvalue weighted by atomic mass is 9.79. The Kier molecular flexibility index (Phi) is 5.29.